The molecule has 0 saturated carbocycles. The van der Waals surface area contributed by atoms with E-state index in [9.17, 15) is 0 Å². The summed E-state index contributed by atoms with van der Waals surface area (Å²) in [4.78, 5) is 2.44. The molecular weight excluding hydrogens is 314 g/mol. The Hall–Kier alpha value is 0.300. The Morgan fingerprint density at radius 3 is 2.33 bits per heavy atom. The van der Waals surface area contributed by atoms with E-state index in [2.05, 4.69) is 17.1 Å². The van der Waals surface area contributed by atoms with Gasteiger partial charge in [-0.1, -0.05) is 29.3 Å². The van der Waals surface area contributed by atoms with Gasteiger partial charge in [-0.25, -0.2) is 0 Å². The molecule has 104 valence electrons. The van der Waals surface area contributed by atoms with Gasteiger partial charge in [0, 0.05) is 42.3 Å². The van der Waals surface area contributed by atoms with E-state index >= 15 is 0 Å². The molecule has 1 N–H and O–H groups in total. The van der Waals surface area contributed by atoms with Crippen molar-refractivity contribution < 1.29 is 0 Å². The van der Waals surface area contributed by atoms with Gasteiger partial charge >= 0.3 is 0 Å². The van der Waals surface area contributed by atoms with Gasteiger partial charge in [0.15, 0.2) is 0 Å². The minimum atomic E-state index is 0. The van der Waals surface area contributed by atoms with E-state index in [1.807, 2.05) is 18.2 Å². The third kappa shape index (κ3) is 4.44. The van der Waals surface area contributed by atoms with Crippen molar-refractivity contribution in [3.63, 3.8) is 0 Å². The van der Waals surface area contributed by atoms with Crippen LogP contribution in [0.1, 0.15) is 18.5 Å². The van der Waals surface area contributed by atoms with Gasteiger partial charge in [0.2, 0.25) is 0 Å². The average Bonchev–Trinajstić information content (AvgIpc) is 2.29. The second kappa shape index (κ2) is 8.47. The number of piperazine rings is 1. The SMILES string of the molecule is C[C@H](c1ccc(Cl)cc1Cl)N1CCNCC1.Cl.Cl. The number of benzene rings is 1. The number of rotatable bonds is 2. The predicted molar refractivity (Wildman–Crippen MR) is 83.8 cm³/mol. The van der Waals surface area contributed by atoms with E-state index in [4.69, 9.17) is 23.2 Å². The molecule has 6 heteroatoms. The maximum absolute atomic E-state index is 6.22. The molecule has 1 fully saturated rings. The van der Waals surface area contributed by atoms with Crippen LogP contribution in [0.4, 0.5) is 0 Å². The highest BCUT2D eigenvalue weighted by molar-refractivity contribution is 6.35. The zero-order chi connectivity index (χ0) is 11.5. The Morgan fingerprint density at radius 2 is 1.78 bits per heavy atom. The fourth-order valence-electron chi connectivity index (χ4n) is 2.11. The maximum atomic E-state index is 6.22. The lowest BCUT2D eigenvalue weighted by Crippen LogP contribution is -2.44. The Balaban J connectivity index is 0.00000144. The van der Waals surface area contributed by atoms with Gasteiger partial charge < -0.3 is 5.32 Å². The van der Waals surface area contributed by atoms with Crippen LogP contribution in [0.3, 0.4) is 0 Å². The first-order valence-corrected chi connectivity index (χ1v) is 6.34. The van der Waals surface area contributed by atoms with E-state index in [1.54, 1.807) is 0 Å². The second-order valence-electron chi connectivity index (χ2n) is 4.13. The van der Waals surface area contributed by atoms with Crippen molar-refractivity contribution >= 4 is 48.0 Å². The summed E-state index contributed by atoms with van der Waals surface area (Å²) in [5.74, 6) is 0. The fraction of sp³-hybridized carbons (Fsp3) is 0.500. The maximum Gasteiger partial charge on any atom is 0.0468 e. The normalized spacial score (nSPS) is 17.5. The minimum absolute atomic E-state index is 0. The monoisotopic (exact) mass is 330 g/mol. The van der Waals surface area contributed by atoms with Crippen LogP contribution in [-0.4, -0.2) is 31.1 Å². The Labute approximate surface area is 131 Å². The summed E-state index contributed by atoms with van der Waals surface area (Å²) in [5, 5.41) is 4.81. The summed E-state index contributed by atoms with van der Waals surface area (Å²) < 4.78 is 0. The average molecular weight is 332 g/mol. The fourth-order valence-corrected chi connectivity index (χ4v) is 2.67. The highest BCUT2D eigenvalue weighted by Gasteiger charge is 2.19. The van der Waals surface area contributed by atoms with Gasteiger partial charge in [-0.05, 0) is 24.6 Å². The first kappa shape index (κ1) is 18.3. The van der Waals surface area contributed by atoms with Crippen LogP contribution in [0.15, 0.2) is 18.2 Å². The topological polar surface area (TPSA) is 15.3 Å². The molecule has 0 bridgehead atoms. The zero-order valence-electron chi connectivity index (χ0n) is 10.2. The molecule has 0 radical (unpaired) electrons. The van der Waals surface area contributed by atoms with Crippen molar-refractivity contribution in [1.82, 2.24) is 10.2 Å². The first-order valence-electron chi connectivity index (χ1n) is 5.58. The van der Waals surface area contributed by atoms with Gasteiger partial charge in [0.25, 0.3) is 0 Å². The summed E-state index contributed by atoms with van der Waals surface area (Å²) in [6.07, 6.45) is 0. The molecule has 0 spiro atoms. The summed E-state index contributed by atoms with van der Waals surface area (Å²) in [5.41, 5.74) is 1.16. The van der Waals surface area contributed by atoms with Crippen LogP contribution < -0.4 is 5.32 Å². The number of hydrogen-bond acceptors (Lipinski definition) is 2. The first-order chi connectivity index (χ1) is 7.68. The summed E-state index contributed by atoms with van der Waals surface area (Å²) >= 11 is 12.1. The molecule has 1 aromatic carbocycles. The van der Waals surface area contributed by atoms with Crippen molar-refractivity contribution in [2.45, 2.75) is 13.0 Å². The Kier molecular flexibility index (Phi) is 8.61. The Bertz CT molecular complexity index is 367. The summed E-state index contributed by atoms with van der Waals surface area (Å²) in [6.45, 7) is 6.44. The van der Waals surface area contributed by atoms with Gasteiger partial charge in [0.1, 0.15) is 0 Å². The van der Waals surface area contributed by atoms with E-state index < -0.39 is 0 Å². The van der Waals surface area contributed by atoms with E-state index in [0.29, 0.717) is 11.1 Å². The van der Waals surface area contributed by atoms with Gasteiger partial charge in [-0.3, -0.25) is 4.90 Å². The minimum Gasteiger partial charge on any atom is -0.314 e. The Morgan fingerprint density at radius 1 is 1.17 bits per heavy atom. The second-order valence-corrected chi connectivity index (χ2v) is 4.97. The smallest absolute Gasteiger partial charge is 0.0468 e. The predicted octanol–water partition coefficient (Wildman–Crippen LogP) is 3.80. The molecule has 1 aliphatic rings. The largest absolute Gasteiger partial charge is 0.314 e. The number of nitrogens with zero attached hydrogens (tertiary/aromatic N) is 1. The van der Waals surface area contributed by atoms with Crippen LogP contribution in [0, 0.1) is 0 Å². The molecule has 18 heavy (non-hydrogen) atoms. The third-order valence-corrected chi connectivity index (χ3v) is 3.67. The summed E-state index contributed by atoms with van der Waals surface area (Å²) in [7, 11) is 0. The van der Waals surface area contributed by atoms with E-state index in [1.165, 1.54) is 0 Å². The zero-order valence-corrected chi connectivity index (χ0v) is 13.3. The molecule has 1 aromatic rings. The van der Waals surface area contributed by atoms with Crippen LogP contribution in [0.25, 0.3) is 0 Å². The van der Waals surface area contributed by atoms with Crippen molar-refractivity contribution in [1.29, 1.82) is 0 Å². The van der Waals surface area contributed by atoms with Crippen LogP contribution in [-0.2, 0) is 0 Å². The molecule has 1 saturated heterocycles. The van der Waals surface area contributed by atoms with Crippen LogP contribution in [0.2, 0.25) is 10.0 Å². The number of nitrogens with one attached hydrogen (secondary N) is 1. The molecule has 2 nitrogen and oxygen atoms in total. The van der Waals surface area contributed by atoms with Crippen molar-refractivity contribution in [3.8, 4) is 0 Å². The van der Waals surface area contributed by atoms with Gasteiger partial charge in [-0.2, -0.15) is 0 Å². The molecule has 1 heterocycles. The molecule has 0 aliphatic carbocycles. The standard InChI is InChI=1S/C12H16Cl2N2.2ClH/c1-9(16-6-4-15-5-7-16)11-3-2-10(13)8-12(11)14;;/h2-3,8-9,15H,4-7H2,1H3;2*1H/t9-;;/m1../s1. The third-order valence-electron chi connectivity index (χ3n) is 3.11. The number of halogens is 4. The molecule has 2 rings (SSSR count). The summed E-state index contributed by atoms with van der Waals surface area (Å²) in [6, 6.07) is 6.10. The van der Waals surface area contributed by atoms with E-state index in [-0.39, 0.29) is 24.8 Å². The highest BCUT2D eigenvalue weighted by Crippen LogP contribution is 2.29. The van der Waals surface area contributed by atoms with Gasteiger partial charge in [-0.15, -0.1) is 24.8 Å². The molecule has 1 aliphatic heterocycles. The lowest BCUT2D eigenvalue weighted by Gasteiger charge is -2.33. The molecular formula is C12H18Cl4N2. The highest BCUT2D eigenvalue weighted by atomic mass is 35.5. The van der Waals surface area contributed by atoms with Crippen molar-refractivity contribution in [2.24, 2.45) is 0 Å². The molecule has 1 atom stereocenters. The molecule has 0 aromatic heterocycles. The van der Waals surface area contributed by atoms with Crippen LogP contribution in [0.5, 0.6) is 0 Å². The van der Waals surface area contributed by atoms with E-state index in [0.717, 1.165) is 36.8 Å². The quantitative estimate of drug-likeness (QED) is 0.886. The van der Waals surface area contributed by atoms with Crippen molar-refractivity contribution in [2.75, 3.05) is 26.2 Å². The molecule has 0 unspecified atom stereocenters. The van der Waals surface area contributed by atoms with Gasteiger partial charge in [0.05, 0.1) is 0 Å². The van der Waals surface area contributed by atoms with Crippen molar-refractivity contribution in [3.05, 3.63) is 33.8 Å². The number of hydrogen-bond donors (Lipinski definition) is 1. The molecule has 0 amide bonds. The van der Waals surface area contributed by atoms with Crippen LogP contribution >= 0.6 is 48.0 Å². The lowest BCUT2D eigenvalue weighted by molar-refractivity contribution is 0.185. The lowest BCUT2D eigenvalue weighted by atomic mass is 10.1.